The number of hydrogen-bond acceptors (Lipinski definition) is 4. The lowest BCUT2D eigenvalue weighted by Gasteiger charge is -2.17. The highest BCUT2D eigenvalue weighted by Crippen LogP contribution is 2.28. The highest BCUT2D eigenvalue weighted by Gasteiger charge is 2.28. The number of carbonyl (C=O) groups excluding carboxylic acids is 2. The topological polar surface area (TPSA) is 61.4 Å². The maximum absolute atomic E-state index is 12.9. The van der Waals surface area contributed by atoms with Crippen LogP contribution in [0, 0.1) is 5.92 Å². The van der Waals surface area contributed by atoms with Crippen molar-refractivity contribution in [2.45, 2.75) is 25.7 Å². The summed E-state index contributed by atoms with van der Waals surface area (Å²) in [5, 5.41) is 8.65. The van der Waals surface area contributed by atoms with Gasteiger partial charge in [-0.2, -0.15) is 0 Å². The summed E-state index contributed by atoms with van der Waals surface area (Å²) in [6.07, 6.45) is 4.33. The quantitative estimate of drug-likeness (QED) is 0.778. The van der Waals surface area contributed by atoms with E-state index in [1.165, 1.54) is 22.5 Å². The van der Waals surface area contributed by atoms with Crippen molar-refractivity contribution in [3.05, 3.63) is 51.9 Å². The van der Waals surface area contributed by atoms with Crippen molar-refractivity contribution in [2.24, 2.45) is 5.92 Å². The third-order valence-electron chi connectivity index (χ3n) is 5.55. The van der Waals surface area contributed by atoms with Crippen LogP contribution in [0.2, 0.25) is 0 Å². The van der Waals surface area contributed by atoms with Gasteiger partial charge in [-0.15, -0.1) is 23.7 Å². The first-order valence-electron chi connectivity index (χ1n) is 9.60. The van der Waals surface area contributed by atoms with E-state index >= 15 is 0 Å². The molecule has 1 aromatic carbocycles. The average Bonchev–Trinajstić information content (AvgIpc) is 3.41. The fourth-order valence-corrected chi connectivity index (χ4v) is 4.88. The average molecular weight is 420 g/mol. The van der Waals surface area contributed by atoms with Crippen LogP contribution in [0.15, 0.2) is 29.6 Å². The third kappa shape index (κ3) is 4.24. The fourth-order valence-electron chi connectivity index (χ4n) is 4.11. The Labute approximate surface area is 175 Å². The van der Waals surface area contributed by atoms with E-state index in [4.69, 9.17) is 0 Å². The van der Waals surface area contributed by atoms with Gasteiger partial charge in [-0.1, -0.05) is 6.07 Å². The molecule has 2 heterocycles. The van der Waals surface area contributed by atoms with Crippen LogP contribution in [0.25, 0.3) is 0 Å². The lowest BCUT2D eigenvalue weighted by Crippen LogP contribution is -2.30. The summed E-state index contributed by atoms with van der Waals surface area (Å²) in [7, 11) is 1.94. The Morgan fingerprint density at radius 1 is 1.21 bits per heavy atom. The predicted molar refractivity (Wildman–Crippen MR) is 116 cm³/mol. The molecule has 28 heavy (non-hydrogen) atoms. The van der Waals surface area contributed by atoms with Crippen LogP contribution in [0.3, 0.4) is 0 Å². The number of rotatable bonds is 5. The number of fused-ring (bicyclic) bond motifs is 1. The third-order valence-corrected chi connectivity index (χ3v) is 6.38. The van der Waals surface area contributed by atoms with Gasteiger partial charge in [-0.25, -0.2) is 0 Å². The van der Waals surface area contributed by atoms with Crippen LogP contribution < -0.4 is 10.6 Å². The Hall–Kier alpha value is -1.89. The first-order valence-corrected chi connectivity index (χ1v) is 10.5. The maximum Gasteiger partial charge on any atom is 0.256 e. The molecule has 5 nitrogen and oxygen atoms in total. The molecule has 1 aliphatic heterocycles. The highest BCUT2D eigenvalue weighted by atomic mass is 35.5. The van der Waals surface area contributed by atoms with Crippen molar-refractivity contribution >= 4 is 40.6 Å². The summed E-state index contributed by atoms with van der Waals surface area (Å²) in [5.74, 6) is 0.372. The minimum absolute atomic E-state index is 0. The van der Waals surface area contributed by atoms with Crippen molar-refractivity contribution in [3.8, 4) is 0 Å². The van der Waals surface area contributed by atoms with E-state index in [9.17, 15) is 9.59 Å². The Morgan fingerprint density at radius 2 is 2.04 bits per heavy atom. The van der Waals surface area contributed by atoms with Crippen LogP contribution in [0.5, 0.6) is 0 Å². The fraction of sp³-hybridized carbons (Fsp3) is 0.429. The Bertz CT molecular complexity index is 867. The van der Waals surface area contributed by atoms with Crippen molar-refractivity contribution in [3.63, 3.8) is 0 Å². The summed E-state index contributed by atoms with van der Waals surface area (Å²) in [6, 6.07) is 7.76. The van der Waals surface area contributed by atoms with Crippen LogP contribution in [0.4, 0.5) is 5.00 Å². The Balaban J connectivity index is 0.00000225. The molecule has 1 aliphatic carbocycles. The number of anilines is 1. The van der Waals surface area contributed by atoms with Gasteiger partial charge in [0.1, 0.15) is 5.00 Å². The monoisotopic (exact) mass is 419 g/mol. The van der Waals surface area contributed by atoms with E-state index in [1.807, 2.05) is 35.5 Å². The highest BCUT2D eigenvalue weighted by molar-refractivity contribution is 7.14. The number of likely N-dealkylation sites (tertiary alicyclic amines) is 1. The van der Waals surface area contributed by atoms with E-state index < -0.39 is 0 Å². The molecule has 1 saturated heterocycles. The number of nitrogens with zero attached hydrogens (tertiary/aromatic N) is 1. The zero-order chi connectivity index (χ0) is 18.8. The van der Waals surface area contributed by atoms with Gasteiger partial charge in [-0.05, 0) is 79.9 Å². The molecule has 2 aromatic rings. The van der Waals surface area contributed by atoms with Gasteiger partial charge in [-0.3, -0.25) is 9.59 Å². The second kappa shape index (κ2) is 9.07. The molecule has 0 saturated carbocycles. The minimum atomic E-state index is -0.143. The molecular formula is C21H26ClN3O2S. The molecule has 1 atom stereocenters. The molecule has 7 heteroatoms. The number of amides is 2. The lowest BCUT2D eigenvalue weighted by molar-refractivity contribution is 0.0788. The first kappa shape index (κ1) is 20.8. The summed E-state index contributed by atoms with van der Waals surface area (Å²) < 4.78 is 0. The maximum atomic E-state index is 12.9. The standard InChI is InChI=1S/C21H25N3O2S.ClH/c1-22-12-14-7-9-24(13-14)21(26)18-8-10-27-20(18)23-19(25)17-6-5-15-3-2-4-16(15)11-17;/h5-6,8,10-11,14,22H,2-4,7,9,12-13H2,1H3,(H,23,25);1H. The van der Waals surface area contributed by atoms with Gasteiger partial charge in [0.15, 0.2) is 0 Å². The van der Waals surface area contributed by atoms with E-state index in [1.54, 1.807) is 0 Å². The molecule has 150 valence electrons. The van der Waals surface area contributed by atoms with E-state index in [0.717, 1.165) is 45.3 Å². The van der Waals surface area contributed by atoms with Gasteiger partial charge >= 0.3 is 0 Å². The zero-order valence-corrected chi connectivity index (χ0v) is 17.6. The van der Waals surface area contributed by atoms with Crippen molar-refractivity contribution in [1.29, 1.82) is 0 Å². The number of thiophene rings is 1. The molecule has 0 spiro atoms. The van der Waals surface area contributed by atoms with Gasteiger partial charge in [0.25, 0.3) is 11.8 Å². The second-order valence-electron chi connectivity index (χ2n) is 7.42. The van der Waals surface area contributed by atoms with Crippen LogP contribution in [-0.2, 0) is 12.8 Å². The minimum Gasteiger partial charge on any atom is -0.338 e. The van der Waals surface area contributed by atoms with E-state index in [-0.39, 0.29) is 24.2 Å². The number of halogens is 1. The number of hydrogen-bond donors (Lipinski definition) is 2. The molecule has 0 radical (unpaired) electrons. The molecule has 1 aromatic heterocycles. The van der Waals surface area contributed by atoms with E-state index in [0.29, 0.717) is 22.0 Å². The summed E-state index contributed by atoms with van der Waals surface area (Å²) in [5.41, 5.74) is 3.89. The Morgan fingerprint density at radius 3 is 2.86 bits per heavy atom. The molecule has 2 amide bonds. The van der Waals surface area contributed by atoms with Gasteiger partial charge in [0.2, 0.25) is 0 Å². The number of carbonyl (C=O) groups is 2. The van der Waals surface area contributed by atoms with Gasteiger partial charge in [0, 0.05) is 18.7 Å². The zero-order valence-electron chi connectivity index (χ0n) is 16.0. The van der Waals surface area contributed by atoms with Crippen LogP contribution in [-0.4, -0.2) is 43.4 Å². The second-order valence-corrected chi connectivity index (χ2v) is 8.33. The molecule has 2 aliphatic rings. The molecular weight excluding hydrogens is 394 g/mol. The predicted octanol–water partition coefficient (Wildman–Crippen LogP) is 3.59. The summed E-state index contributed by atoms with van der Waals surface area (Å²) in [6.45, 7) is 2.47. The SMILES string of the molecule is CNCC1CCN(C(=O)c2ccsc2NC(=O)c2ccc3c(c2)CCC3)C1.Cl. The molecule has 1 unspecified atom stereocenters. The molecule has 1 fully saturated rings. The van der Waals surface area contributed by atoms with Crippen molar-refractivity contribution in [2.75, 3.05) is 32.0 Å². The largest absolute Gasteiger partial charge is 0.338 e. The first-order chi connectivity index (χ1) is 13.2. The molecule has 2 N–H and O–H groups in total. The Kier molecular flexibility index (Phi) is 6.75. The number of benzene rings is 1. The van der Waals surface area contributed by atoms with Crippen LogP contribution >= 0.6 is 23.7 Å². The van der Waals surface area contributed by atoms with Crippen molar-refractivity contribution < 1.29 is 9.59 Å². The van der Waals surface area contributed by atoms with Gasteiger partial charge in [0.05, 0.1) is 5.56 Å². The molecule has 4 rings (SSSR count). The van der Waals surface area contributed by atoms with E-state index in [2.05, 4.69) is 16.7 Å². The van der Waals surface area contributed by atoms with Crippen LogP contribution in [0.1, 0.15) is 44.7 Å². The normalized spacial score (nSPS) is 17.9. The number of nitrogens with one attached hydrogen (secondary N) is 2. The summed E-state index contributed by atoms with van der Waals surface area (Å²) in [4.78, 5) is 27.5. The molecule has 0 bridgehead atoms. The lowest BCUT2D eigenvalue weighted by atomic mass is 10.1. The van der Waals surface area contributed by atoms with Crippen molar-refractivity contribution in [1.82, 2.24) is 10.2 Å². The number of aryl methyl sites for hydroxylation is 2. The van der Waals surface area contributed by atoms with Gasteiger partial charge < -0.3 is 15.5 Å². The smallest absolute Gasteiger partial charge is 0.256 e. The summed E-state index contributed by atoms with van der Waals surface area (Å²) >= 11 is 1.40.